The van der Waals surface area contributed by atoms with Gasteiger partial charge >= 0.3 is 0 Å². The van der Waals surface area contributed by atoms with Crippen LogP contribution >= 0.6 is 0 Å². The third-order valence-corrected chi connectivity index (χ3v) is 3.71. The summed E-state index contributed by atoms with van der Waals surface area (Å²) >= 11 is 0. The van der Waals surface area contributed by atoms with Crippen LogP contribution in [0.3, 0.4) is 0 Å². The van der Waals surface area contributed by atoms with Crippen molar-refractivity contribution in [2.45, 2.75) is 25.7 Å². The van der Waals surface area contributed by atoms with E-state index in [2.05, 4.69) is 17.0 Å². The van der Waals surface area contributed by atoms with Gasteiger partial charge in [-0.2, -0.15) is 0 Å². The van der Waals surface area contributed by atoms with Gasteiger partial charge in [-0.25, -0.2) is 0 Å². The number of fused-ring (bicyclic) bond motifs is 1. The highest BCUT2D eigenvalue weighted by atomic mass is 16.3. The highest BCUT2D eigenvalue weighted by Crippen LogP contribution is 2.21. The number of likely N-dealkylation sites (tertiary alicyclic amines) is 1. The smallest absolute Gasteiger partial charge is 0.134 e. The lowest BCUT2D eigenvalue weighted by Gasteiger charge is -2.26. The van der Waals surface area contributed by atoms with E-state index in [-0.39, 0.29) is 0 Å². The Morgan fingerprint density at radius 1 is 1.06 bits per heavy atom. The fourth-order valence-corrected chi connectivity index (χ4v) is 2.69. The molecule has 1 fully saturated rings. The van der Waals surface area contributed by atoms with E-state index in [1.807, 2.05) is 18.4 Å². The SMILES string of the molecule is c1ccc2c(CCN3CCCCC3)coc2c1. The average molecular weight is 229 g/mol. The molecule has 0 bridgehead atoms. The van der Waals surface area contributed by atoms with E-state index in [4.69, 9.17) is 4.42 Å². The lowest BCUT2D eigenvalue weighted by Crippen LogP contribution is -2.31. The lowest BCUT2D eigenvalue weighted by molar-refractivity contribution is 0.231. The predicted octanol–water partition coefficient (Wildman–Crippen LogP) is 3.46. The number of para-hydroxylation sites is 1. The minimum Gasteiger partial charge on any atom is -0.464 e. The van der Waals surface area contributed by atoms with Gasteiger partial charge in [-0.15, -0.1) is 0 Å². The van der Waals surface area contributed by atoms with Gasteiger partial charge in [-0.05, 0) is 44.0 Å². The molecule has 2 aromatic rings. The zero-order chi connectivity index (χ0) is 11.5. The van der Waals surface area contributed by atoms with E-state index in [1.165, 1.54) is 49.8 Å². The number of hydrogen-bond acceptors (Lipinski definition) is 2. The maximum Gasteiger partial charge on any atom is 0.134 e. The third-order valence-electron chi connectivity index (χ3n) is 3.71. The zero-order valence-corrected chi connectivity index (χ0v) is 10.2. The summed E-state index contributed by atoms with van der Waals surface area (Å²) in [5.74, 6) is 0. The molecule has 1 aliphatic heterocycles. The molecule has 17 heavy (non-hydrogen) atoms. The Hall–Kier alpha value is -1.28. The first-order valence-corrected chi connectivity index (χ1v) is 6.61. The van der Waals surface area contributed by atoms with Crippen molar-refractivity contribution in [2.24, 2.45) is 0 Å². The number of hydrogen-bond donors (Lipinski definition) is 0. The van der Waals surface area contributed by atoms with Crippen LogP contribution in [0.1, 0.15) is 24.8 Å². The Balaban J connectivity index is 1.68. The first kappa shape index (κ1) is 10.8. The van der Waals surface area contributed by atoms with Gasteiger partial charge in [0.05, 0.1) is 6.26 Å². The molecule has 1 saturated heterocycles. The van der Waals surface area contributed by atoms with Gasteiger partial charge in [-0.3, -0.25) is 0 Å². The van der Waals surface area contributed by atoms with E-state index in [9.17, 15) is 0 Å². The summed E-state index contributed by atoms with van der Waals surface area (Å²) in [6, 6.07) is 8.31. The van der Waals surface area contributed by atoms with Gasteiger partial charge in [-0.1, -0.05) is 24.6 Å². The van der Waals surface area contributed by atoms with Crippen molar-refractivity contribution in [3.05, 3.63) is 36.1 Å². The molecule has 2 nitrogen and oxygen atoms in total. The van der Waals surface area contributed by atoms with Crippen molar-refractivity contribution in [2.75, 3.05) is 19.6 Å². The van der Waals surface area contributed by atoms with Crippen molar-refractivity contribution < 1.29 is 4.42 Å². The van der Waals surface area contributed by atoms with Crippen LogP contribution in [0.2, 0.25) is 0 Å². The Morgan fingerprint density at radius 3 is 2.76 bits per heavy atom. The quantitative estimate of drug-likeness (QED) is 0.801. The van der Waals surface area contributed by atoms with Crippen LogP contribution < -0.4 is 0 Å². The summed E-state index contributed by atoms with van der Waals surface area (Å²) in [7, 11) is 0. The third kappa shape index (κ3) is 2.37. The molecule has 1 aromatic heterocycles. The minimum absolute atomic E-state index is 1.01. The molecular formula is C15H19NO. The molecule has 1 aliphatic rings. The second-order valence-electron chi connectivity index (χ2n) is 4.91. The minimum atomic E-state index is 1.01. The Bertz CT molecular complexity index is 482. The van der Waals surface area contributed by atoms with Crippen LogP contribution in [0, 0.1) is 0 Å². The van der Waals surface area contributed by atoms with Gasteiger partial charge in [0, 0.05) is 11.9 Å². The van der Waals surface area contributed by atoms with Gasteiger partial charge < -0.3 is 9.32 Å². The molecule has 90 valence electrons. The van der Waals surface area contributed by atoms with Gasteiger partial charge in [0.25, 0.3) is 0 Å². The molecule has 0 radical (unpaired) electrons. The second-order valence-corrected chi connectivity index (χ2v) is 4.91. The fraction of sp³-hybridized carbons (Fsp3) is 0.467. The van der Waals surface area contributed by atoms with Crippen LogP contribution in [-0.4, -0.2) is 24.5 Å². The van der Waals surface area contributed by atoms with Crippen molar-refractivity contribution in [1.82, 2.24) is 4.90 Å². The molecule has 0 spiro atoms. The maximum atomic E-state index is 5.57. The highest BCUT2D eigenvalue weighted by Gasteiger charge is 2.11. The number of nitrogens with zero attached hydrogens (tertiary/aromatic N) is 1. The zero-order valence-electron chi connectivity index (χ0n) is 10.2. The molecule has 0 unspecified atom stereocenters. The van der Waals surface area contributed by atoms with Crippen molar-refractivity contribution in [3.63, 3.8) is 0 Å². The van der Waals surface area contributed by atoms with E-state index in [1.54, 1.807) is 0 Å². The summed E-state index contributed by atoms with van der Waals surface area (Å²) in [4.78, 5) is 2.57. The molecule has 0 saturated carbocycles. The van der Waals surface area contributed by atoms with E-state index in [0.717, 1.165) is 12.0 Å². The second kappa shape index (κ2) is 4.92. The van der Waals surface area contributed by atoms with Crippen LogP contribution in [-0.2, 0) is 6.42 Å². The predicted molar refractivity (Wildman–Crippen MR) is 70.2 cm³/mol. The van der Waals surface area contributed by atoms with Crippen molar-refractivity contribution in [1.29, 1.82) is 0 Å². The summed E-state index contributed by atoms with van der Waals surface area (Å²) in [6.45, 7) is 3.72. The summed E-state index contributed by atoms with van der Waals surface area (Å²) in [5, 5.41) is 1.28. The monoisotopic (exact) mass is 229 g/mol. The summed E-state index contributed by atoms with van der Waals surface area (Å²) in [5.41, 5.74) is 2.37. The topological polar surface area (TPSA) is 16.4 Å². The molecule has 0 aliphatic carbocycles. The molecule has 0 atom stereocenters. The molecule has 0 amide bonds. The van der Waals surface area contributed by atoms with Crippen molar-refractivity contribution >= 4 is 11.0 Å². The molecule has 0 N–H and O–H groups in total. The molecule has 2 heterocycles. The largest absolute Gasteiger partial charge is 0.464 e. The van der Waals surface area contributed by atoms with Gasteiger partial charge in [0.1, 0.15) is 5.58 Å². The highest BCUT2D eigenvalue weighted by molar-refractivity contribution is 5.80. The summed E-state index contributed by atoms with van der Waals surface area (Å²) in [6.07, 6.45) is 7.18. The molecule has 2 heteroatoms. The Labute approximate surface area is 102 Å². The summed E-state index contributed by atoms with van der Waals surface area (Å²) < 4.78 is 5.57. The van der Waals surface area contributed by atoms with Crippen LogP contribution in [0.25, 0.3) is 11.0 Å². The molecule has 3 rings (SSSR count). The fourth-order valence-electron chi connectivity index (χ4n) is 2.69. The van der Waals surface area contributed by atoms with Crippen molar-refractivity contribution in [3.8, 4) is 0 Å². The average Bonchev–Trinajstić information content (AvgIpc) is 2.81. The first-order valence-electron chi connectivity index (χ1n) is 6.61. The first-order chi connectivity index (χ1) is 8.43. The van der Waals surface area contributed by atoms with Crippen LogP contribution in [0.15, 0.2) is 34.9 Å². The molecular weight excluding hydrogens is 210 g/mol. The number of rotatable bonds is 3. The van der Waals surface area contributed by atoms with Gasteiger partial charge in [0.2, 0.25) is 0 Å². The lowest BCUT2D eigenvalue weighted by atomic mass is 10.1. The maximum absolute atomic E-state index is 5.57. The molecule has 1 aromatic carbocycles. The van der Waals surface area contributed by atoms with Gasteiger partial charge in [0.15, 0.2) is 0 Å². The number of furan rings is 1. The van der Waals surface area contributed by atoms with Crippen LogP contribution in [0.4, 0.5) is 0 Å². The Kier molecular flexibility index (Phi) is 3.14. The number of benzene rings is 1. The van der Waals surface area contributed by atoms with E-state index in [0.29, 0.717) is 0 Å². The van der Waals surface area contributed by atoms with E-state index >= 15 is 0 Å². The standard InChI is InChI=1S/C15H19NO/c1-4-9-16(10-5-1)11-8-13-12-17-15-7-3-2-6-14(13)15/h2-3,6-7,12H,1,4-5,8-11H2. The van der Waals surface area contributed by atoms with Crippen LogP contribution in [0.5, 0.6) is 0 Å². The number of piperidine rings is 1. The Morgan fingerprint density at radius 2 is 1.88 bits per heavy atom. The van der Waals surface area contributed by atoms with E-state index < -0.39 is 0 Å². The normalized spacial score (nSPS) is 17.6.